The van der Waals surface area contributed by atoms with E-state index in [1.807, 2.05) is 0 Å². The Morgan fingerprint density at radius 3 is 2.86 bits per heavy atom. The fourth-order valence-electron chi connectivity index (χ4n) is 1.88. The van der Waals surface area contributed by atoms with Crippen molar-refractivity contribution in [2.24, 2.45) is 9.50 Å². The number of fused-ring (bicyclic) bond motifs is 1. The van der Waals surface area contributed by atoms with E-state index in [0.717, 1.165) is 4.88 Å². The van der Waals surface area contributed by atoms with E-state index >= 15 is 0 Å². The maximum atomic E-state index is 12.0. The number of nitrogens with two attached hydrogens (primary N) is 1. The average Bonchev–Trinajstić information content (AvgIpc) is 2.99. The number of hydrazone groups is 1. The molecule has 7 nitrogen and oxygen atoms in total. The van der Waals surface area contributed by atoms with Crippen molar-refractivity contribution in [3.05, 3.63) is 40.9 Å². The summed E-state index contributed by atoms with van der Waals surface area (Å²) in [7, 11) is -2.00. The van der Waals surface area contributed by atoms with Gasteiger partial charge in [-0.25, -0.2) is 9.99 Å². The summed E-state index contributed by atoms with van der Waals surface area (Å²) in [6, 6.07) is 6.66. The summed E-state index contributed by atoms with van der Waals surface area (Å²) < 4.78 is 27.7. The van der Waals surface area contributed by atoms with Crippen LogP contribution in [0.15, 0.2) is 44.9 Å². The molecule has 0 radical (unpaired) electrons. The fourth-order valence-corrected chi connectivity index (χ4v) is 3.66. The normalized spacial score (nSPS) is 16.0. The topological polar surface area (TPSA) is 101 Å². The molecule has 9 heteroatoms. The SMILES string of the molecule is CN(/N=C/c1cnc(N)s1)C1=NS(=O)(=O)c2ccccc21. The molecule has 1 aliphatic heterocycles. The van der Waals surface area contributed by atoms with Crippen LogP contribution in [0.25, 0.3) is 0 Å². The summed E-state index contributed by atoms with van der Waals surface area (Å²) in [5.74, 6) is 0.291. The Balaban J connectivity index is 1.93. The highest BCUT2D eigenvalue weighted by atomic mass is 32.2. The Morgan fingerprint density at radius 1 is 1.38 bits per heavy atom. The number of anilines is 1. The molecule has 3 rings (SSSR count). The second-order valence-corrected chi connectivity index (χ2v) is 6.92. The second kappa shape index (κ2) is 4.93. The lowest BCUT2D eigenvalue weighted by Crippen LogP contribution is -2.21. The lowest BCUT2D eigenvalue weighted by molar-refractivity contribution is 0.549. The molecule has 2 aromatic rings. The van der Waals surface area contributed by atoms with Crippen molar-refractivity contribution in [1.29, 1.82) is 0 Å². The van der Waals surface area contributed by atoms with Crippen LogP contribution in [-0.4, -0.2) is 37.5 Å². The molecule has 0 saturated carbocycles. The highest BCUT2D eigenvalue weighted by Gasteiger charge is 2.30. The van der Waals surface area contributed by atoms with Gasteiger partial charge in [0.25, 0.3) is 10.0 Å². The first-order valence-electron chi connectivity index (χ1n) is 5.91. The average molecular weight is 321 g/mol. The van der Waals surface area contributed by atoms with Crippen LogP contribution in [0.4, 0.5) is 5.13 Å². The summed E-state index contributed by atoms with van der Waals surface area (Å²) in [5, 5.41) is 6.05. The highest BCUT2D eigenvalue weighted by Crippen LogP contribution is 2.27. The fraction of sp³-hybridized carbons (Fsp3) is 0.0833. The summed E-state index contributed by atoms with van der Waals surface area (Å²) in [4.78, 5) is 4.88. The van der Waals surface area contributed by atoms with E-state index in [9.17, 15) is 8.42 Å². The molecule has 0 atom stereocenters. The van der Waals surface area contributed by atoms with Crippen LogP contribution in [0.5, 0.6) is 0 Å². The largest absolute Gasteiger partial charge is 0.375 e. The number of hydrogen-bond donors (Lipinski definition) is 1. The van der Waals surface area contributed by atoms with Gasteiger partial charge in [0.2, 0.25) is 0 Å². The minimum atomic E-state index is -3.64. The van der Waals surface area contributed by atoms with Crippen molar-refractivity contribution >= 4 is 38.5 Å². The van der Waals surface area contributed by atoms with Crippen LogP contribution in [-0.2, 0) is 10.0 Å². The molecule has 0 aliphatic carbocycles. The van der Waals surface area contributed by atoms with Gasteiger partial charge in [0.05, 0.1) is 11.1 Å². The summed E-state index contributed by atoms with van der Waals surface area (Å²) in [6.45, 7) is 0. The van der Waals surface area contributed by atoms with E-state index in [1.165, 1.54) is 22.4 Å². The second-order valence-electron chi connectivity index (χ2n) is 4.26. The number of sulfonamides is 1. The van der Waals surface area contributed by atoms with Crippen LogP contribution in [0.2, 0.25) is 0 Å². The molecule has 1 aliphatic rings. The standard InChI is InChI=1S/C12H11N5O2S2/c1-17(15-7-8-6-14-12(13)20-8)11-9-4-2-3-5-10(9)21(18,19)16-11/h2-7H,1H3,(H2,13,14)/b15-7+. The number of amidine groups is 1. The Labute approximate surface area is 125 Å². The van der Waals surface area contributed by atoms with Gasteiger partial charge < -0.3 is 5.73 Å². The van der Waals surface area contributed by atoms with E-state index in [1.54, 1.807) is 37.7 Å². The summed E-state index contributed by atoms with van der Waals surface area (Å²) in [5.41, 5.74) is 6.08. The molecule has 0 bridgehead atoms. The third-order valence-electron chi connectivity index (χ3n) is 2.82. The Kier molecular flexibility index (Phi) is 3.22. The molecular formula is C12H11N5O2S2. The minimum Gasteiger partial charge on any atom is -0.375 e. The highest BCUT2D eigenvalue weighted by molar-refractivity contribution is 7.90. The first-order chi connectivity index (χ1) is 9.97. The van der Waals surface area contributed by atoms with Crippen LogP contribution in [0.3, 0.4) is 0 Å². The summed E-state index contributed by atoms with van der Waals surface area (Å²) in [6.07, 6.45) is 3.16. The molecule has 0 saturated heterocycles. The van der Waals surface area contributed by atoms with E-state index in [2.05, 4.69) is 14.5 Å². The van der Waals surface area contributed by atoms with E-state index in [0.29, 0.717) is 16.5 Å². The lowest BCUT2D eigenvalue weighted by Gasteiger charge is -2.11. The van der Waals surface area contributed by atoms with Crippen molar-refractivity contribution in [3.63, 3.8) is 0 Å². The molecule has 0 fully saturated rings. The molecule has 1 aromatic carbocycles. The van der Waals surface area contributed by atoms with Crippen molar-refractivity contribution in [3.8, 4) is 0 Å². The minimum absolute atomic E-state index is 0.198. The van der Waals surface area contributed by atoms with Gasteiger partial charge in [0.1, 0.15) is 4.90 Å². The monoisotopic (exact) mass is 321 g/mol. The van der Waals surface area contributed by atoms with Gasteiger partial charge in [-0.2, -0.15) is 13.5 Å². The molecule has 2 heterocycles. The summed E-state index contributed by atoms with van der Waals surface area (Å²) >= 11 is 1.29. The van der Waals surface area contributed by atoms with E-state index in [4.69, 9.17) is 5.73 Å². The number of thiazole rings is 1. The van der Waals surface area contributed by atoms with Crippen molar-refractivity contribution in [2.75, 3.05) is 12.8 Å². The first kappa shape index (κ1) is 13.7. The number of benzene rings is 1. The Bertz CT molecular complexity index is 854. The van der Waals surface area contributed by atoms with Crippen LogP contribution in [0.1, 0.15) is 10.4 Å². The van der Waals surface area contributed by atoms with Gasteiger partial charge in [-0.15, -0.1) is 4.40 Å². The quantitative estimate of drug-likeness (QED) is 0.660. The van der Waals surface area contributed by atoms with Gasteiger partial charge in [-0.1, -0.05) is 23.5 Å². The predicted octanol–water partition coefficient (Wildman–Crippen LogP) is 1.14. The smallest absolute Gasteiger partial charge is 0.285 e. The Morgan fingerprint density at radius 2 is 2.14 bits per heavy atom. The molecule has 0 spiro atoms. The molecule has 108 valence electrons. The first-order valence-corrected chi connectivity index (χ1v) is 8.16. The van der Waals surface area contributed by atoms with Gasteiger partial charge in [-0.05, 0) is 12.1 Å². The maximum absolute atomic E-state index is 12.0. The molecule has 0 unspecified atom stereocenters. The van der Waals surface area contributed by atoms with Gasteiger partial charge in [0, 0.05) is 18.8 Å². The zero-order valence-electron chi connectivity index (χ0n) is 11.0. The predicted molar refractivity (Wildman–Crippen MR) is 82.0 cm³/mol. The molecule has 2 N–H and O–H groups in total. The molecule has 0 amide bonds. The van der Waals surface area contributed by atoms with Gasteiger partial charge in [0.15, 0.2) is 11.0 Å². The van der Waals surface area contributed by atoms with Crippen LogP contribution in [0, 0.1) is 0 Å². The van der Waals surface area contributed by atoms with E-state index < -0.39 is 10.0 Å². The molecular weight excluding hydrogens is 310 g/mol. The maximum Gasteiger partial charge on any atom is 0.285 e. The Hall–Kier alpha value is -2.26. The lowest BCUT2D eigenvalue weighted by atomic mass is 10.2. The third kappa shape index (κ3) is 2.52. The van der Waals surface area contributed by atoms with Crippen molar-refractivity contribution in [1.82, 2.24) is 9.99 Å². The number of hydrogen-bond acceptors (Lipinski definition) is 7. The number of aromatic nitrogens is 1. The number of nitrogen functional groups attached to an aromatic ring is 1. The van der Waals surface area contributed by atoms with Crippen LogP contribution < -0.4 is 5.73 Å². The van der Waals surface area contributed by atoms with Gasteiger partial charge in [-0.3, -0.25) is 0 Å². The molecule has 1 aromatic heterocycles. The number of nitrogens with zero attached hydrogens (tertiary/aromatic N) is 4. The van der Waals surface area contributed by atoms with Crippen molar-refractivity contribution < 1.29 is 8.42 Å². The zero-order chi connectivity index (χ0) is 15.0. The molecule has 21 heavy (non-hydrogen) atoms. The van der Waals surface area contributed by atoms with Crippen molar-refractivity contribution in [2.45, 2.75) is 4.90 Å². The number of rotatable bonds is 2. The van der Waals surface area contributed by atoms with Gasteiger partial charge >= 0.3 is 0 Å². The van der Waals surface area contributed by atoms with E-state index in [-0.39, 0.29) is 4.90 Å². The van der Waals surface area contributed by atoms with Crippen LogP contribution >= 0.6 is 11.3 Å². The third-order valence-corrected chi connectivity index (χ3v) is 4.90. The zero-order valence-corrected chi connectivity index (χ0v) is 12.6.